The third kappa shape index (κ3) is 4.45. The molecular weight excluding hydrogens is 370 g/mol. The molecule has 0 aliphatic carbocycles. The smallest absolute Gasteiger partial charge is 0.213 e. The van der Waals surface area contributed by atoms with Gasteiger partial charge in [-0.25, -0.2) is 4.98 Å². The zero-order chi connectivity index (χ0) is 19.4. The van der Waals surface area contributed by atoms with Gasteiger partial charge in [-0.15, -0.1) is 5.10 Å². The van der Waals surface area contributed by atoms with Crippen LogP contribution in [0.4, 0.5) is 0 Å². The van der Waals surface area contributed by atoms with E-state index in [4.69, 9.17) is 4.42 Å². The molecule has 0 aliphatic heterocycles. The molecule has 0 saturated carbocycles. The fourth-order valence-electron chi connectivity index (χ4n) is 2.20. The van der Waals surface area contributed by atoms with Crippen LogP contribution in [0.15, 0.2) is 50.9 Å². The number of aliphatic carboxylic acids is 1. The number of aromatic carboxylic acids is 1. The lowest BCUT2D eigenvalue weighted by atomic mass is 10.1. The predicted molar refractivity (Wildman–Crippen MR) is 93.1 cm³/mol. The van der Waals surface area contributed by atoms with Crippen LogP contribution < -0.4 is 10.2 Å². The molecule has 3 aromatic rings. The number of carboxylic acids is 2. The Bertz CT molecular complexity index is 1000. The van der Waals surface area contributed by atoms with Crippen molar-refractivity contribution < 1.29 is 24.2 Å². The lowest BCUT2D eigenvalue weighted by Gasteiger charge is -2.04. The molecule has 138 valence electrons. The SMILES string of the molecule is CCc1nc(S/C(=C/c2ccc(-c3ccc(C(=O)[O-])cc3)o2)C(=O)[O-])n[nH]1. The van der Waals surface area contributed by atoms with Crippen LogP contribution in [-0.4, -0.2) is 27.1 Å². The number of aromatic amines is 1. The van der Waals surface area contributed by atoms with E-state index in [1.807, 2.05) is 6.92 Å². The van der Waals surface area contributed by atoms with Crippen molar-refractivity contribution in [2.75, 3.05) is 0 Å². The Morgan fingerprint density at radius 1 is 1.19 bits per heavy atom. The second-order valence-electron chi connectivity index (χ2n) is 5.38. The number of carbonyl (C=O) groups excluding carboxylic acids is 2. The molecular formula is C18H13N3O5S-2. The van der Waals surface area contributed by atoms with E-state index in [9.17, 15) is 19.8 Å². The second kappa shape index (κ2) is 7.92. The maximum absolute atomic E-state index is 11.4. The first-order valence-corrected chi connectivity index (χ1v) is 8.71. The van der Waals surface area contributed by atoms with Gasteiger partial charge in [0, 0.05) is 16.9 Å². The Morgan fingerprint density at radius 2 is 1.93 bits per heavy atom. The van der Waals surface area contributed by atoms with Gasteiger partial charge < -0.3 is 24.2 Å². The van der Waals surface area contributed by atoms with Gasteiger partial charge in [0.25, 0.3) is 0 Å². The van der Waals surface area contributed by atoms with Gasteiger partial charge in [-0.2, -0.15) is 0 Å². The van der Waals surface area contributed by atoms with Crippen LogP contribution in [0.2, 0.25) is 0 Å². The van der Waals surface area contributed by atoms with Gasteiger partial charge in [-0.1, -0.05) is 31.2 Å². The van der Waals surface area contributed by atoms with Crippen LogP contribution >= 0.6 is 11.8 Å². The minimum absolute atomic E-state index is 0.0546. The van der Waals surface area contributed by atoms with Gasteiger partial charge in [0.05, 0.1) is 11.9 Å². The van der Waals surface area contributed by atoms with Crippen molar-refractivity contribution in [3.05, 3.63) is 58.5 Å². The van der Waals surface area contributed by atoms with Crippen molar-refractivity contribution in [2.24, 2.45) is 0 Å². The molecule has 0 spiro atoms. The van der Waals surface area contributed by atoms with E-state index in [0.717, 1.165) is 11.8 Å². The maximum Gasteiger partial charge on any atom is 0.213 e. The van der Waals surface area contributed by atoms with Crippen molar-refractivity contribution in [3.63, 3.8) is 0 Å². The summed E-state index contributed by atoms with van der Waals surface area (Å²) < 4.78 is 5.62. The molecule has 2 aromatic heterocycles. The summed E-state index contributed by atoms with van der Waals surface area (Å²) in [5, 5.41) is 29.1. The summed E-state index contributed by atoms with van der Waals surface area (Å²) >= 11 is 0.851. The predicted octanol–water partition coefficient (Wildman–Crippen LogP) is 0.874. The highest BCUT2D eigenvalue weighted by atomic mass is 32.2. The van der Waals surface area contributed by atoms with E-state index in [0.29, 0.717) is 29.3 Å². The fraction of sp³-hybridized carbons (Fsp3) is 0.111. The number of aryl methyl sites for hydroxylation is 1. The third-order valence-corrected chi connectivity index (χ3v) is 4.42. The highest BCUT2D eigenvalue weighted by Gasteiger charge is 2.10. The van der Waals surface area contributed by atoms with Gasteiger partial charge in [0.1, 0.15) is 17.3 Å². The molecule has 2 heterocycles. The number of hydrogen-bond donors (Lipinski definition) is 1. The number of benzene rings is 1. The molecule has 1 aromatic carbocycles. The van der Waals surface area contributed by atoms with Gasteiger partial charge in [0.15, 0.2) is 0 Å². The van der Waals surface area contributed by atoms with Gasteiger partial charge in [0.2, 0.25) is 5.16 Å². The second-order valence-corrected chi connectivity index (χ2v) is 6.39. The number of furan rings is 1. The highest BCUT2D eigenvalue weighted by molar-refractivity contribution is 8.04. The first-order valence-electron chi connectivity index (χ1n) is 7.90. The molecule has 0 radical (unpaired) electrons. The van der Waals surface area contributed by atoms with Crippen LogP contribution in [0.5, 0.6) is 0 Å². The lowest BCUT2D eigenvalue weighted by Crippen LogP contribution is -2.23. The fourth-order valence-corrected chi connectivity index (χ4v) is 2.90. The normalized spacial score (nSPS) is 11.5. The van der Waals surface area contributed by atoms with Crippen molar-refractivity contribution in [3.8, 4) is 11.3 Å². The molecule has 0 fully saturated rings. The first kappa shape index (κ1) is 18.5. The van der Waals surface area contributed by atoms with E-state index in [-0.39, 0.29) is 15.6 Å². The number of rotatable bonds is 7. The van der Waals surface area contributed by atoms with Crippen molar-refractivity contribution in [1.29, 1.82) is 0 Å². The molecule has 0 unspecified atom stereocenters. The van der Waals surface area contributed by atoms with Crippen molar-refractivity contribution >= 4 is 29.8 Å². The third-order valence-electron chi connectivity index (χ3n) is 3.55. The Labute approximate surface area is 157 Å². The van der Waals surface area contributed by atoms with Gasteiger partial charge in [-0.3, -0.25) is 5.10 Å². The lowest BCUT2D eigenvalue weighted by molar-refractivity contribution is -0.298. The number of nitrogens with one attached hydrogen (secondary N) is 1. The summed E-state index contributed by atoms with van der Waals surface area (Å²) in [6.45, 7) is 1.90. The van der Waals surface area contributed by atoms with Crippen LogP contribution in [0.25, 0.3) is 17.4 Å². The molecule has 3 rings (SSSR count). The van der Waals surface area contributed by atoms with Crippen molar-refractivity contribution in [1.82, 2.24) is 15.2 Å². The van der Waals surface area contributed by atoms with E-state index >= 15 is 0 Å². The van der Waals surface area contributed by atoms with Crippen LogP contribution in [0.3, 0.4) is 0 Å². The number of carbonyl (C=O) groups is 2. The summed E-state index contributed by atoms with van der Waals surface area (Å²) in [6, 6.07) is 9.21. The Balaban J connectivity index is 1.82. The largest absolute Gasteiger partial charge is 0.545 e. The minimum atomic E-state index is -1.38. The van der Waals surface area contributed by atoms with Crippen LogP contribution in [-0.2, 0) is 11.2 Å². The molecule has 0 atom stereocenters. The Kier molecular flexibility index (Phi) is 5.41. The van der Waals surface area contributed by atoms with E-state index < -0.39 is 11.9 Å². The summed E-state index contributed by atoms with van der Waals surface area (Å²) in [6.07, 6.45) is 1.97. The number of thioether (sulfide) groups is 1. The van der Waals surface area contributed by atoms with E-state index in [2.05, 4.69) is 15.2 Å². The monoisotopic (exact) mass is 383 g/mol. The van der Waals surface area contributed by atoms with Gasteiger partial charge >= 0.3 is 0 Å². The van der Waals surface area contributed by atoms with Crippen LogP contribution in [0, 0.1) is 0 Å². The quantitative estimate of drug-likeness (QED) is 0.469. The molecule has 0 saturated heterocycles. The maximum atomic E-state index is 11.4. The number of aromatic nitrogens is 3. The molecule has 27 heavy (non-hydrogen) atoms. The molecule has 1 N–H and O–H groups in total. The Morgan fingerprint density at radius 3 is 2.52 bits per heavy atom. The standard InChI is InChI=1S/C18H15N3O5S/c1-2-15-19-18(21-20-15)27-14(17(24)25)9-12-7-8-13(26-12)10-3-5-11(6-4-10)16(22)23/h3-9H,2H2,1H3,(H,22,23)(H,24,25)(H,19,20,21)/p-2/b14-9+. The van der Waals surface area contributed by atoms with Crippen molar-refractivity contribution in [2.45, 2.75) is 18.5 Å². The molecule has 9 heteroatoms. The minimum Gasteiger partial charge on any atom is -0.545 e. The zero-order valence-corrected chi connectivity index (χ0v) is 14.9. The zero-order valence-electron chi connectivity index (χ0n) is 14.1. The summed E-state index contributed by atoms with van der Waals surface area (Å²) in [4.78, 5) is 26.2. The summed E-state index contributed by atoms with van der Waals surface area (Å²) in [7, 11) is 0. The van der Waals surface area contributed by atoms with Crippen LogP contribution in [0.1, 0.15) is 28.9 Å². The average molecular weight is 383 g/mol. The van der Waals surface area contributed by atoms with Gasteiger partial charge in [-0.05, 0) is 35.5 Å². The molecule has 0 aliphatic rings. The van der Waals surface area contributed by atoms with E-state index in [1.54, 1.807) is 24.3 Å². The topological polar surface area (TPSA) is 135 Å². The summed E-state index contributed by atoms with van der Waals surface area (Å²) in [5.41, 5.74) is 0.697. The average Bonchev–Trinajstić information content (AvgIpc) is 3.30. The number of nitrogens with zero attached hydrogens (tertiary/aromatic N) is 2. The molecule has 0 bridgehead atoms. The Hall–Kier alpha value is -3.33. The first-order chi connectivity index (χ1) is 13.0. The number of hydrogen-bond acceptors (Lipinski definition) is 8. The molecule has 0 amide bonds. The highest BCUT2D eigenvalue weighted by Crippen LogP contribution is 2.28. The summed E-state index contributed by atoms with van der Waals surface area (Å²) in [5.74, 6) is -1.24. The number of carboxylic acid groups (broad SMARTS) is 2. The van der Waals surface area contributed by atoms with E-state index in [1.165, 1.54) is 18.2 Å². The molecule has 8 nitrogen and oxygen atoms in total. The number of H-pyrrole nitrogens is 1.